The number of aryl methyl sites for hydroxylation is 1. The summed E-state index contributed by atoms with van der Waals surface area (Å²) in [5, 5.41) is 18.6. The topological polar surface area (TPSA) is 115 Å². The number of halogens is 1. The van der Waals surface area contributed by atoms with Crippen LogP contribution >= 0.6 is 11.6 Å². The molecule has 0 saturated carbocycles. The molecule has 0 amide bonds. The third kappa shape index (κ3) is 3.28. The maximum Gasteiger partial charge on any atom is 0.330 e. The highest BCUT2D eigenvalue weighted by Crippen LogP contribution is 2.37. The normalized spacial score (nSPS) is 21.9. The Morgan fingerprint density at radius 2 is 2.07 bits per heavy atom. The molecule has 0 bridgehead atoms. The Hall–Kier alpha value is -2.75. The van der Waals surface area contributed by atoms with Gasteiger partial charge < -0.3 is 9.84 Å². The van der Waals surface area contributed by atoms with Crippen molar-refractivity contribution in [2.75, 3.05) is 6.61 Å². The molecule has 0 aliphatic carbocycles. The second kappa shape index (κ2) is 7.34. The summed E-state index contributed by atoms with van der Waals surface area (Å²) in [6, 6.07) is 6.91. The van der Waals surface area contributed by atoms with Crippen molar-refractivity contribution in [1.29, 1.82) is 0 Å². The van der Waals surface area contributed by atoms with E-state index in [-0.39, 0.29) is 12.6 Å². The fourth-order valence-electron chi connectivity index (χ4n) is 3.42. The van der Waals surface area contributed by atoms with Crippen LogP contribution in [0, 0.1) is 6.92 Å². The number of nitrogens with one attached hydrogen (secondary N) is 1. The minimum Gasteiger partial charge on any atom is -0.394 e. The number of hydrogen-bond acceptors (Lipinski definition) is 6. The largest absolute Gasteiger partial charge is 0.394 e. The minimum atomic E-state index is -0.646. The molecule has 1 aliphatic heterocycles. The van der Waals surface area contributed by atoms with Gasteiger partial charge in [0, 0.05) is 28.8 Å². The van der Waals surface area contributed by atoms with Gasteiger partial charge >= 0.3 is 5.69 Å². The highest BCUT2D eigenvalue weighted by Gasteiger charge is 2.39. The Kier molecular flexibility index (Phi) is 4.88. The molecule has 10 heteroatoms. The number of nitrogens with zero attached hydrogens (tertiary/aromatic N) is 4. The molecule has 4 rings (SSSR count). The van der Waals surface area contributed by atoms with E-state index >= 15 is 0 Å². The van der Waals surface area contributed by atoms with Gasteiger partial charge in [-0.3, -0.25) is 14.3 Å². The van der Waals surface area contributed by atoms with Crippen molar-refractivity contribution in [3.8, 4) is 11.3 Å². The molecule has 28 heavy (non-hydrogen) atoms. The van der Waals surface area contributed by atoms with Gasteiger partial charge in [-0.15, -0.1) is 5.10 Å². The van der Waals surface area contributed by atoms with Crippen LogP contribution in [0.4, 0.5) is 0 Å². The van der Waals surface area contributed by atoms with Crippen molar-refractivity contribution < 1.29 is 9.84 Å². The average Bonchev–Trinajstić information content (AvgIpc) is 3.31. The van der Waals surface area contributed by atoms with Gasteiger partial charge in [-0.25, -0.2) is 9.48 Å². The molecule has 0 spiro atoms. The molecule has 1 unspecified atom stereocenters. The van der Waals surface area contributed by atoms with Crippen LogP contribution in [0.1, 0.15) is 24.3 Å². The summed E-state index contributed by atoms with van der Waals surface area (Å²) in [7, 11) is 0. The van der Waals surface area contributed by atoms with Crippen LogP contribution in [0.3, 0.4) is 0 Å². The molecule has 2 N–H and O–H groups in total. The Morgan fingerprint density at radius 1 is 1.32 bits per heavy atom. The van der Waals surface area contributed by atoms with Gasteiger partial charge in [0.2, 0.25) is 0 Å². The van der Waals surface area contributed by atoms with Crippen molar-refractivity contribution in [3.63, 3.8) is 0 Å². The van der Waals surface area contributed by atoms with Crippen molar-refractivity contribution in [3.05, 3.63) is 68.1 Å². The van der Waals surface area contributed by atoms with Crippen LogP contribution in [0.25, 0.3) is 11.3 Å². The second-order valence-electron chi connectivity index (χ2n) is 6.66. The molecule has 1 saturated heterocycles. The predicted octanol–water partition coefficient (Wildman–Crippen LogP) is 1.28. The summed E-state index contributed by atoms with van der Waals surface area (Å²) >= 11 is 5.96. The van der Waals surface area contributed by atoms with Gasteiger partial charge in [-0.1, -0.05) is 28.9 Å². The first kappa shape index (κ1) is 18.6. The maximum atomic E-state index is 12.2. The SMILES string of the molecule is Cc1cn([C@H]2C[C@H](n3nncc3-c3ccc(Cl)cc3)C(CO)O2)c(=O)[nH]c1=O. The first-order valence-electron chi connectivity index (χ1n) is 8.72. The summed E-state index contributed by atoms with van der Waals surface area (Å²) in [5.74, 6) is 0. The fourth-order valence-corrected chi connectivity index (χ4v) is 3.55. The summed E-state index contributed by atoms with van der Waals surface area (Å²) in [6.45, 7) is 1.36. The summed E-state index contributed by atoms with van der Waals surface area (Å²) < 4.78 is 8.92. The number of rotatable bonds is 4. The molecule has 3 atom stereocenters. The van der Waals surface area contributed by atoms with Gasteiger partial charge in [0.15, 0.2) is 0 Å². The fraction of sp³-hybridized carbons (Fsp3) is 0.333. The van der Waals surface area contributed by atoms with Crippen molar-refractivity contribution >= 4 is 11.6 Å². The van der Waals surface area contributed by atoms with Crippen molar-refractivity contribution in [2.45, 2.75) is 31.7 Å². The number of aromatic nitrogens is 5. The quantitative estimate of drug-likeness (QED) is 0.678. The monoisotopic (exact) mass is 403 g/mol. The maximum absolute atomic E-state index is 12.2. The van der Waals surface area contributed by atoms with Crippen LogP contribution < -0.4 is 11.2 Å². The molecule has 146 valence electrons. The van der Waals surface area contributed by atoms with E-state index in [1.165, 1.54) is 10.8 Å². The number of aromatic amines is 1. The molecular formula is C18H18ClN5O4. The van der Waals surface area contributed by atoms with Crippen LogP contribution in [0.2, 0.25) is 5.02 Å². The molecule has 1 aromatic carbocycles. The number of H-pyrrole nitrogens is 1. The third-order valence-electron chi connectivity index (χ3n) is 4.87. The number of aliphatic hydroxyl groups is 1. The highest BCUT2D eigenvalue weighted by atomic mass is 35.5. The van der Waals surface area contributed by atoms with Gasteiger partial charge in [-0.05, 0) is 19.1 Å². The number of benzene rings is 1. The Balaban J connectivity index is 1.69. The molecule has 9 nitrogen and oxygen atoms in total. The van der Waals surface area contributed by atoms with E-state index in [0.717, 1.165) is 11.3 Å². The lowest BCUT2D eigenvalue weighted by atomic mass is 10.1. The first-order chi connectivity index (χ1) is 13.5. The number of ether oxygens (including phenoxy) is 1. The van der Waals surface area contributed by atoms with Gasteiger partial charge in [0.25, 0.3) is 5.56 Å². The van der Waals surface area contributed by atoms with Crippen LogP contribution in [0.5, 0.6) is 0 Å². The minimum absolute atomic E-state index is 0.252. The molecule has 3 heterocycles. The second-order valence-corrected chi connectivity index (χ2v) is 7.10. The lowest BCUT2D eigenvalue weighted by Gasteiger charge is -2.18. The summed E-state index contributed by atoms with van der Waals surface area (Å²) in [4.78, 5) is 26.1. The molecule has 2 aromatic heterocycles. The van der Waals surface area contributed by atoms with Crippen molar-refractivity contribution in [2.24, 2.45) is 0 Å². The zero-order valence-electron chi connectivity index (χ0n) is 14.9. The zero-order valence-corrected chi connectivity index (χ0v) is 15.7. The van der Waals surface area contributed by atoms with E-state index < -0.39 is 23.6 Å². The van der Waals surface area contributed by atoms with E-state index in [1.807, 2.05) is 12.1 Å². The first-order valence-corrected chi connectivity index (χ1v) is 9.10. The van der Waals surface area contributed by atoms with Gasteiger partial charge in [-0.2, -0.15) is 0 Å². The van der Waals surface area contributed by atoms with Gasteiger partial charge in [0.05, 0.1) is 24.5 Å². The molecular weight excluding hydrogens is 386 g/mol. The molecule has 1 fully saturated rings. The molecule has 1 aliphatic rings. The summed E-state index contributed by atoms with van der Waals surface area (Å²) in [5.41, 5.74) is 1.01. The number of hydrogen-bond donors (Lipinski definition) is 2. The Labute approximate surface area is 164 Å². The van der Waals surface area contributed by atoms with Crippen LogP contribution in [0.15, 0.2) is 46.2 Å². The summed E-state index contributed by atoms with van der Waals surface area (Å²) in [6.07, 6.45) is 2.23. The molecule has 3 aromatic rings. The standard InChI is InChI=1S/C18H18ClN5O4/c1-10-8-23(18(27)21-17(10)26)16-6-13(15(9-25)28-16)24-14(7-20-22-24)11-2-4-12(19)5-3-11/h2-5,7-8,13,15-16,25H,6,9H2,1H3,(H,21,26,27)/t13-,15?,16+/m0/s1. The highest BCUT2D eigenvalue weighted by molar-refractivity contribution is 6.30. The average molecular weight is 404 g/mol. The van der Waals surface area contributed by atoms with Crippen LogP contribution in [-0.4, -0.2) is 42.4 Å². The number of aliphatic hydroxyl groups excluding tert-OH is 1. The lowest BCUT2D eigenvalue weighted by Crippen LogP contribution is -2.33. The molecule has 0 radical (unpaired) electrons. The van der Waals surface area contributed by atoms with Crippen LogP contribution in [-0.2, 0) is 4.74 Å². The van der Waals surface area contributed by atoms with E-state index in [9.17, 15) is 14.7 Å². The predicted molar refractivity (Wildman–Crippen MR) is 101 cm³/mol. The Morgan fingerprint density at radius 3 is 2.79 bits per heavy atom. The Bertz CT molecular complexity index is 1100. The zero-order chi connectivity index (χ0) is 19.8. The van der Waals surface area contributed by atoms with Crippen molar-refractivity contribution in [1.82, 2.24) is 24.5 Å². The lowest BCUT2D eigenvalue weighted by molar-refractivity contribution is -0.0322. The van der Waals surface area contributed by atoms with E-state index in [1.54, 1.807) is 29.9 Å². The van der Waals surface area contributed by atoms with E-state index in [2.05, 4.69) is 15.3 Å². The van der Waals surface area contributed by atoms with E-state index in [0.29, 0.717) is 17.0 Å². The van der Waals surface area contributed by atoms with E-state index in [4.69, 9.17) is 16.3 Å². The smallest absolute Gasteiger partial charge is 0.330 e. The van der Waals surface area contributed by atoms with Gasteiger partial charge in [0.1, 0.15) is 12.3 Å². The third-order valence-corrected chi connectivity index (χ3v) is 5.12.